The van der Waals surface area contributed by atoms with E-state index in [1.54, 1.807) is 31.6 Å². The molecule has 142 valence electrons. The summed E-state index contributed by atoms with van der Waals surface area (Å²) in [6.07, 6.45) is 3.21. The van der Waals surface area contributed by atoms with Gasteiger partial charge in [0.1, 0.15) is 5.75 Å². The molecule has 0 fully saturated rings. The number of hydrogen-bond donors (Lipinski definition) is 2. The van der Waals surface area contributed by atoms with Crippen molar-refractivity contribution in [3.8, 4) is 11.6 Å². The number of rotatable bonds is 6. The molecule has 0 bridgehead atoms. The molecule has 0 saturated carbocycles. The van der Waals surface area contributed by atoms with E-state index >= 15 is 0 Å². The zero-order valence-electron chi connectivity index (χ0n) is 14.8. The summed E-state index contributed by atoms with van der Waals surface area (Å²) in [5, 5.41) is 6.16. The van der Waals surface area contributed by atoms with Crippen molar-refractivity contribution < 1.29 is 13.5 Å². The van der Waals surface area contributed by atoms with Crippen LogP contribution in [0.2, 0.25) is 0 Å². The maximum Gasteiger partial charge on any atom is 0.387 e. The Morgan fingerprint density at radius 3 is 2.54 bits per heavy atom. The summed E-state index contributed by atoms with van der Waals surface area (Å²) in [5.74, 6) is 1.81. The first-order chi connectivity index (χ1) is 13.6. The Balaban J connectivity index is 1.64. The summed E-state index contributed by atoms with van der Waals surface area (Å²) < 4.78 is 30.7. The summed E-state index contributed by atoms with van der Waals surface area (Å²) in [6.45, 7) is -2.85. The number of aromatic nitrogens is 4. The Morgan fingerprint density at radius 2 is 1.79 bits per heavy atom. The zero-order valence-corrected chi connectivity index (χ0v) is 14.8. The summed E-state index contributed by atoms with van der Waals surface area (Å²) in [5.41, 5.74) is 2.39. The van der Waals surface area contributed by atoms with E-state index in [9.17, 15) is 8.78 Å². The average molecular weight is 382 g/mol. The van der Waals surface area contributed by atoms with Crippen LogP contribution in [-0.4, -0.2) is 33.2 Å². The number of ether oxygens (including phenoxy) is 1. The number of hydrogen-bond acceptors (Lipinski definition) is 6. The van der Waals surface area contributed by atoms with Crippen molar-refractivity contribution in [2.75, 3.05) is 17.7 Å². The fraction of sp³-hybridized carbons (Fsp3) is 0.105. The van der Waals surface area contributed by atoms with Crippen LogP contribution in [0.3, 0.4) is 0 Å². The van der Waals surface area contributed by atoms with E-state index in [-0.39, 0.29) is 5.75 Å². The van der Waals surface area contributed by atoms with Crippen molar-refractivity contribution >= 4 is 28.5 Å². The van der Waals surface area contributed by atoms with Crippen LogP contribution in [0.4, 0.5) is 26.2 Å². The predicted octanol–water partition coefficient (Wildman–Crippen LogP) is 4.20. The molecule has 4 aromatic rings. The Hall–Kier alpha value is -3.75. The number of nitrogens with zero attached hydrogens (tertiary/aromatic N) is 4. The van der Waals surface area contributed by atoms with E-state index in [0.717, 1.165) is 11.0 Å². The molecular formula is C19H16F2N6O. The van der Waals surface area contributed by atoms with Crippen molar-refractivity contribution in [1.29, 1.82) is 0 Å². The molecule has 4 rings (SSSR count). The fourth-order valence-electron chi connectivity index (χ4n) is 2.82. The second-order valence-corrected chi connectivity index (χ2v) is 5.80. The van der Waals surface area contributed by atoms with E-state index < -0.39 is 6.61 Å². The highest BCUT2D eigenvalue weighted by molar-refractivity contribution is 5.80. The molecule has 0 aliphatic heterocycles. The second kappa shape index (κ2) is 7.47. The Labute approximate surface area is 159 Å². The van der Waals surface area contributed by atoms with Crippen molar-refractivity contribution in [1.82, 2.24) is 19.5 Å². The fourth-order valence-corrected chi connectivity index (χ4v) is 2.82. The van der Waals surface area contributed by atoms with Gasteiger partial charge in [-0.2, -0.15) is 8.78 Å². The van der Waals surface area contributed by atoms with Gasteiger partial charge in [-0.1, -0.05) is 12.1 Å². The standard InChI is InChI=1S/C19H16F2N6O/c1-22-19-25-14-4-2-3-5-15(14)27(19)17-11-23-10-16(26-17)24-12-6-8-13(9-7-12)28-18(20)21/h2-11,18H,1H3,(H,22,25)(H,24,26). The molecule has 0 atom stereocenters. The van der Waals surface area contributed by atoms with Gasteiger partial charge in [-0.15, -0.1) is 0 Å². The molecule has 0 aliphatic rings. The van der Waals surface area contributed by atoms with Crippen molar-refractivity contribution in [3.05, 3.63) is 60.9 Å². The largest absolute Gasteiger partial charge is 0.435 e. The maximum absolute atomic E-state index is 12.3. The first-order valence-corrected chi connectivity index (χ1v) is 8.43. The van der Waals surface area contributed by atoms with Gasteiger partial charge in [-0.25, -0.2) is 9.97 Å². The molecule has 0 unspecified atom stereocenters. The van der Waals surface area contributed by atoms with E-state index in [2.05, 4.69) is 30.3 Å². The van der Waals surface area contributed by atoms with Crippen LogP contribution in [0, 0.1) is 0 Å². The van der Waals surface area contributed by atoms with Crippen LogP contribution in [0.5, 0.6) is 5.75 Å². The number of halogens is 2. The number of nitrogens with one attached hydrogen (secondary N) is 2. The van der Waals surface area contributed by atoms with Gasteiger partial charge < -0.3 is 15.4 Å². The monoisotopic (exact) mass is 382 g/mol. The summed E-state index contributed by atoms with van der Waals surface area (Å²) in [4.78, 5) is 13.4. The molecule has 0 aliphatic carbocycles. The summed E-state index contributed by atoms with van der Waals surface area (Å²) in [6, 6.07) is 13.9. The molecule has 9 heteroatoms. The van der Waals surface area contributed by atoms with Crippen LogP contribution in [0.15, 0.2) is 60.9 Å². The molecule has 0 saturated heterocycles. The minimum atomic E-state index is -2.85. The Morgan fingerprint density at radius 1 is 1.00 bits per heavy atom. The van der Waals surface area contributed by atoms with E-state index in [1.807, 2.05) is 28.8 Å². The second-order valence-electron chi connectivity index (χ2n) is 5.80. The molecule has 2 aromatic heterocycles. The third-order valence-corrected chi connectivity index (χ3v) is 3.99. The minimum Gasteiger partial charge on any atom is -0.435 e. The lowest BCUT2D eigenvalue weighted by molar-refractivity contribution is -0.0498. The van der Waals surface area contributed by atoms with E-state index in [1.165, 1.54) is 12.1 Å². The number of fused-ring (bicyclic) bond motifs is 1. The van der Waals surface area contributed by atoms with Gasteiger partial charge in [-0.3, -0.25) is 9.55 Å². The third kappa shape index (κ3) is 3.54. The van der Waals surface area contributed by atoms with Crippen molar-refractivity contribution in [2.24, 2.45) is 0 Å². The van der Waals surface area contributed by atoms with Gasteiger partial charge >= 0.3 is 6.61 Å². The van der Waals surface area contributed by atoms with Crippen LogP contribution >= 0.6 is 0 Å². The molecule has 2 N–H and O–H groups in total. The summed E-state index contributed by atoms with van der Waals surface area (Å²) in [7, 11) is 1.79. The van der Waals surface area contributed by atoms with Gasteiger partial charge in [0.05, 0.1) is 23.4 Å². The maximum atomic E-state index is 12.3. The third-order valence-electron chi connectivity index (χ3n) is 3.99. The van der Waals surface area contributed by atoms with Gasteiger partial charge in [0.2, 0.25) is 5.95 Å². The lowest BCUT2D eigenvalue weighted by atomic mass is 10.3. The van der Waals surface area contributed by atoms with Crippen LogP contribution in [0.25, 0.3) is 16.9 Å². The number of para-hydroxylation sites is 2. The molecule has 28 heavy (non-hydrogen) atoms. The first-order valence-electron chi connectivity index (χ1n) is 8.43. The topological polar surface area (TPSA) is 76.9 Å². The number of benzene rings is 2. The van der Waals surface area contributed by atoms with Crippen LogP contribution < -0.4 is 15.4 Å². The van der Waals surface area contributed by atoms with E-state index in [4.69, 9.17) is 0 Å². The van der Waals surface area contributed by atoms with E-state index in [0.29, 0.717) is 23.3 Å². The lowest BCUT2D eigenvalue weighted by Crippen LogP contribution is -2.05. The van der Waals surface area contributed by atoms with Gasteiger partial charge in [-0.05, 0) is 36.4 Å². The quantitative estimate of drug-likeness (QED) is 0.520. The SMILES string of the molecule is CNc1nc2ccccc2n1-c1cncc(Nc2ccc(OC(F)F)cc2)n1. The lowest BCUT2D eigenvalue weighted by Gasteiger charge is -2.11. The molecule has 0 amide bonds. The van der Waals surface area contributed by atoms with Gasteiger partial charge in [0, 0.05) is 12.7 Å². The smallest absolute Gasteiger partial charge is 0.387 e. The molecule has 2 aromatic carbocycles. The Kier molecular flexibility index (Phi) is 4.71. The minimum absolute atomic E-state index is 0.0870. The number of imidazole rings is 1. The first kappa shape index (κ1) is 17.7. The Bertz CT molecular complexity index is 1100. The molecular weight excluding hydrogens is 366 g/mol. The van der Waals surface area contributed by atoms with Crippen LogP contribution in [0.1, 0.15) is 0 Å². The summed E-state index contributed by atoms with van der Waals surface area (Å²) >= 11 is 0. The number of alkyl halides is 2. The molecule has 7 nitrogen and oxygen atoms in total. The highest BCUT2D eigenvalue weighted by atomic mass is 19.3. The highest BCUT2D eigenvalue weighted by Crippen LogP contribution is 2.25. The molecule has 2 heterocycles. The highest BCUT2D eigenvalue weighted by Gasteiger charge is 2.13. The van der Waals surface area contributed by atoms with Gasteiger partial charge in [0.15, 0.2) is 11.6 Å². The van der Waals surface area contributed by atoms with Gasteiger partial charge in [0.25, 0.3) is 0 Å². The van der Waals surface area contributed by atoms with Crippen molar-refractivity contribution in [2.45, 2.75) is 6.61 Å². The number of anilines is 3. The van der Waals surface area contributed by atoms with Crippen molar-refractivity contribution in [3.63, 3.8) is 0 Å². The average Bonchev–Trinajstić information content (AvgIpc) is 3.08. The normalized spacial score (nSPS) is 11.0. The zero-order chi connectivity index (χ0) is 19.5. The predicted molar refractivity (Wildman–Crippen MR) is 103 cm³/mol. The molecule has 0 spiro atoms. The van der Waals surface area contributed by atoms with Crippen LogP contribution in [-0.2, 0) is 0 Å². The molecule has 0 radical (unpaired) electrons.